The molecule has 0 radical (unpaired) electrons. The number of rotatable bonds is 5. The van der Waals surface area contributed by atoms with Crippen LogP contribution in [0.4, 0.5) is 0 Å². The van der Waals surface area contributed by atoms with E-state index in [0.717, 1.165) is 13.0 Å². The van der Waals surface area contributed by atoms with Crippen LogP contribution in [0.2, 0.25) is 0 Å². The third-order valence-electron chi connectivity index (χ3n) is 4.39. The van der Waals surface area contributed by atoms with Crippen LogP contribution in [0, 0.1) is 5.41 Å². The second kappa shape index (κ2) is 6.06. The van der Waals surface area contributed by atoms with Crippen LogP contribution in [0.15, 0.2) is 24.3 Å². The zero-order valence-electron chi connectivity index (χ0n) is 12.7. The predicted octanol–water partition coefficient (Wildman–Crippen LogP) is 3.71. The summed E-state index contributed by atoms with van der Waals surface area (Å²) >= 11 is 0. The van der Waals surface area contributed by atoms with Gasteiger partial charge in [-0.15, -0.1) is 0 Å². The first kappa shape index (κ1) is 14.5. The molecule has 1 aliphatic rings. The molecular weight excluding hydrogens is 234 g/mol. The van der Waals surface area contributed by atoms with Gasteiger partial charge in [0, 0.05) is 25.8 Å². The van der Waals surface area contributed by atoms with Gasteiger partial charge in [-0.05, 0) is 42.7 Å². The molecule has 2 atom stereocenters. The average Bonchev–Trinajstić information content (AvgIpc) is 2.40. The van der Waals surface area contributed by atoms with Gasteiger partial charge in [-0.2, -0.15) is 0 Å². The highest BCUT2D eigenvalue weighted by atomic mass is 16.5. The van der Waals surface area contributed by atoms with Crippen molar-refractivity contribution in [3.05, 3.63) is 35.4 Å². The Morgan fingerprint density at radius 1 is 1.37 bits per heavy atom. The number of nitrogens with one attached hydrogen (secondary N) is 1. The number of hydrogen-bond donors (Lipinski definition) is 1. The highest BCUT2D eigenvalue weighted by molar-refractivity contribution is 5.34. The van der Waals surface area contributed by atoms with Crippen LogP contribution in [0.1, 0.15) is 50.8 Å². The molecule has 0 saturated heterocycles. The van der Waals surface area contributed by atoms with Gasteiger partial charge in [0.25, 0.3) is 0 Å². The van der Waals surface area contributed by atoms with E-state index in [-0.39, 0.29) is 0 Å². The van der Waals surface area contributed by atoms with Gasteiger partial charge in [0.15, 0.2) is 0 Å². The van der Waals surface area contributed by atoms with Crippen LogP contribution in [-0.4, -0.2) is 19.8 Å². The highest BCUT2D eigenvalue weighted by Crippen LogP contribution is 2.43. The fraction of sp³-hybridized carbons (Fsp3) is 0.647. The van der Waals surface area contributed by atoms with Crippen LogP contribution in [-0.2, 0) is 11.2 Å². The van der Waals surface area contributed by atoms with Crippen molar-refractivity contribution in [1.82, 2.24) is 5.32 Å². The number of hydrogen-bond acceptors (Lipinski definition) is 2. The third-order valence-corrected chi connectivity index (χ3v) is 4.39. The molecule has 0 aliphatic heterocycles. The highest BCUT2D eigenvalue weighted by Gasteiger charge is 2.35. The standard InChI is InChI=1S/C17H27NO/c1-13(10-12-19-4)18-16-15-8-6-5-7-14(15)9-11-17(16,2)3/h5-8,13,16,18H,9-12H2,1-4H3. The summed E-state index contributed by atoms with van der Waals surface area (Å²) in [7, 11) is 1.77. The molecule has 0 spiro atoms. The summed E-state index contributed by atoms with van der Waals surface area (Å²) in [6.45, 7) is 7.84. The van der Waals surface area contributed by atoms with Crippen molar-refractivity contribution in [3.8, 4) is 0 Å². The van der Waals surface area contributed by atoms with E-state index < -0.39 is 0 Å². The number of fused-ring (bicyclic) bond motifs is 1. The van der Waals surface area contributed by atoms with Gasteiger partial charge >= 0.3 is 0 Å². The Morgan fingerprint density at radius 3 is 2.84 bits per heavy atom. The Kier molecular flexibility index (Phi) is 4.64. The van der Waals surface area contributed by atoms with Crippen molar-refractivity contribution in [3.63, 3.8) is 0 Å². The summed E-state index contributed by atoms with van der Waals surface area (Å²) in [6.07, 6.45) is 3.51. The Morgan fingerprint density at radius 2 is 2.11 bits per heavy atom. The molecule has 1 aliphatic carbocycles. The molecular formula is C17H27NO. The van der Waals surface area contributed by atoms with Gasteiger partial charge in [0.1, 0.15) is 0 Å². The molecule has 1 aromatic rings. The zero-order chi connectivity index (χ0) is 13.9. The van der Waals surface area contributed by atoms with Crippen molar-refractivity contribution in [2.75, 3.05) is 13.7 Å². The molecule has 0 aromatic heterocycles. The maximum absolute atomic E-state index is 5.18. The van der Waals surface area contributed by atoms with E-state index in [2.05, 4.69) is 50.4 Å². The minimum absolute atomic E-state index is 0.315. The second-order valence-corrected chi connectivity index (χ2v) is 6.47. The summed E-state index contributed by atoms with van der Waals surface area (Å²) in [4.78, 5) is 0. The van der Waals surface area contributed by atoms with Crippen LogP contribution < -0.4 is 5.32 Å². The maximum Gasteiger partial charge on any atom is 0.0476 e. The van der Waals surface area contributed by atoms with Crippen molar-refractivity contribution in [2.24, 2.45) is 5.41 Å². The van der Waals surface area contributed by atoms with Crippen molar-refractivity contribution in [1.29, 1.82) is 0 Å². The van der Waals surface area contributed by atoms with Crippen LogP contribution in [0.5, 0.6) is 0 Å². The Labute approximate surface area is 117 Å². The lowest BCUT2D eigenvalue weighted by Gasteiger charge is -2.42. The quantitative estimate of drug-likeness (QED) is 0.872. The molecule has 106 valence electrons. The smallest absolute Gasteiger partial charge is 0.0476 e. The van der Waals surface area contributed by atoms with E-state index in [9.17, 15) is 0 Å². The third kappa shape index (κ3) is 3.37. The van der Waals surface area contributed by atoms with E-state index >= 15 is 0 Å². The lowest BCUT2D eigenvalue weighted by atomic mass is 9.70. The molecule has 0 amide bonds. The first-order valence-corrected chi connectivity index (χ1v) is 7.37. The summed E-state index contributed by atoms with van der Waals surface area (Å²) in [5.41, 5.74) is 3.32. The van der Waals surface area contributed by atoms with E-state index in [1.165, 1.54) is 24.0 Å². The molecule has 2 nitrogen and oxygen atoms in total. The molecule has 1 N–H and O–H groups in total. The maximum atomic E-state index is 5.18. The molecule has 19 heavy (non-hydrogen) atoms. The van der Waals surface area contributed by atoms with Crippen molar-refractivity contribution >= 4 is 0 Å². The first-order valence-electron chi connectivity index (χ1n) is 7.37. The lowest BCUT2D eigenvalue weighted by molar-refractivity contribution is 0.160. The molecule has 2 rings (SSSR count). The lowest BCUT2D eigenvalue weighted by Crippen LogP contribution is -2.42. The number of aryl methyl sites for hydroxylation is 1. The summed E-state index contributed by atoms with van der Waals surface area (Å²) < 4.78 is 5.18. The van der Waals surface area contributed by atoms with Gasteiger partial charge in [0.05, 0.1) is 0 Å². The second-order valence-electron chi connectivity index (χ2n) is 6.47. The topological polar surface area (TPSA) is 21.3 Å². The summed E-state index contributed by atoms with van der Waals surface area (Å²) in [5, 5.41) is 3.82. The Bertz CT molecular complexity index is 413. The zero-order valence-corrected chi connectivity index (χ0v) is 12.7. The molecule has 2 unspecified atom stereocenters. The normalized spacial score (nSPS) is 22.8. The van der Waals surface area contributed by atoms with Crippen LogP contribution in [0.3, 0.4) is 0 Å². The monoisotopic (exact) mass is 261 g/mol. The van der Waals surface area contributed by atoms with Gasteiger partial charge in [-0.25, -0.2) is 0 Å². The molecule has 1 aromatic carbocycles. The fourth-order valence-electron chi connectivity index (χ4n) is 3.04. The average molecular weight is 261 g/mol. The van der Waals surface area contributed by atoms with Gasteiger partial charge in [-0.1, -0.05) is 38.1 Å². The molecule has 0 fully saturated rings. The number of benzene rings is 1. The SMILES string of the molecule is COCCC(C)NC1c2ccccc2CCC1(C)C. The minimum atomic E-state index is 0.315. The Hall–Kier alpha value is -0.860. The predicted molar refractivity (Wildman–Crippen MR) is 80.4 cm³/mol. The van der Waals surface area contributed by atoms with Gasteiger partial charge in [-0.3, -0.25) is 0 Å². The first-order chi connectivity index (χ1) is 9.04. The van der Waals surface area contributed by atoms with Gasteiger partial charge < -0.3 is 10.1 Å². The molecule has 0 bridgehead atoms. The van der Waals surface area contributed by atoms with Crippen LogP contribution in [0.25, 0.3) is 0 Å². The number of ether oxygens (including phenoxy) is 1. The minimum Gasteiger partial charge on any atom is -0.385 e. The molecule has 0 heterocycles. The van der Waals surface area contributed by atoms with Crippen molar-refractivity contribution in [2.45, 2.75) is 52.1 Å². The van der Waals surface area contributed by atoms with E-state index in [1.54, 1.807) is 7.11 Å². The van der Waals surface area contributed by atoms with E-state index in [4.69, 9.17) is 4.74 Å². The van der Waals surface area contributed by atoms with Crippen molar-refractivity contribution < 1.29 is 4.74 Å². The molecule has 0 saturated carbocycles. The van der Waals surface area contributed by atoms with Crippen LogP contribution >= 0.6 is 0 Å². The summed E-state index contributed by atoms with van der Waals surface area (Å²) in [5.74, 6) is 0. The number of methoxy groups -OCH3 is 1. The fourth-order valence-corrected chi connectivity index (χ4v) is 3.04. The largest absolute Gasteiger partial charge is 0.385 e. The Balaban J connectivity index is 2.16. The van der Waals surface area contributed by atoms with Gasteiger partial charge in [0.2, 0.25) is 0 Å². The molecule has 2 heteroatoms. The summed E-state index contributed by atoms with van der Waals surface area (Å²) in [6, 6.07) is 9.81. The van der Waals surface area contributed by atoms with E-state index in [1.807, 2.05) is 0 Å². The van der Waals surface area contributed by atoms with E-state index in [0.29, 0.717) is 17.5 Å².